The molecule has 0 aliphatic carbocycles. The van der Waals surface area contributed by atoms with Gasteiger partial charge in [0.05, 0.1) is 25.3 Å². The van der Waals surface area contributed by atoms with Crippen LogP contribution in [0.2, 0.25) is 0 Å². The van der Waals surface area contributed by atoms with Crippen molar-refractivity contribution in [1.29, 1.82) is 0 Å². The number of ether oxygens (including phenoxy) is 1. The van der Waals surface area contributed by atoms with Crippen molar-refractivity contribution in [2.45, 2.75) is 19.4 Å². The van der Waals surface area contributed by atoms with Crippen molar-refractivity contribution >= 4 is 11.9 Å². The van der Waals surface area contributed by atoms with E-state index in [1.807, 2.05) is 30.3 Å². The molecule has 7 heteroatoms. The minimum atomic E-state index is -1.06. The zero-order chi connectivity index (χ0) is 17.1. The van der Waals surface area contributed by atoms with Gasteiger partial charge >= 0.3 is 5.97 Å². The van der Waals surface area contributed by atoms with E-state index in [9.17, 15) is 14.7 Å². The summed E-state index contributed by atoms with van der Waals surface area (Å²) in [5, 5.41) is 9.22. The molecule has 1 saturated heterocycles. The van der Waals surface area contributed by atoms with E-state index in [1.165, 1.54) is 4.90 Å². The van der Waals surface area contributed by atoms with E-state index >= 15 is 0 Å². The lowest BCUT2D eigenvalue weighted by molar-refractivity contribution is -0.158. The van der Waals surface area contributed by atoms with Crippen LogP contribution >= 0.6 is 0 Å². The summed E-state index contributed by atoms with van der Waals surface area (Å²) in [5.74, 6) is -0.346. The largest absolute Gasteiger partial charge is 0.480 e. The van der Waals surface area contributed by atoms with Gasteiger partial charge in [-0.25, -0.2) is 9.78 Å². The Labute approximate surface area is 138 Å². The van der Waals surface area contributed by atoms with Gasteiger partial charge in [0.2, 0.25) is 11.8 Å². The van der Waals surface area contributed by atoms with E-state index in [2.05, 4.69) is 4.98 Å². The summed E-state index contributed by atoms with van der Waals surface area (Å²) in [5.41, 5.74) is 1.35. The first-order valence-electron chi connectivity index (χ1n) is 7.68. The van der Waals surface area contributed by atoms with Gasteiger partial charge in [-0.3, -0.25) is 4.79 Å². The van der Waals surface area contributed by atoms with Crippen LogP contribution < -0.4 is 0 Å². The van der Waals surface area contributed by atoms with Gasteiger partial charge in [0.25, 0.3) is 0 Å². The predicted octanol–water partition coefficient (Wildman–Crippen LogP) is 1.50. The molecule has 1 aromatic carbocycles. The number of aryl methyl sites for hydroxylation is 1. The molecule has 3 rings (SSSR count). The molecule has 0 radical (unpaired) electrons. The first-order chi connectivity index (χ1) is 11.6. The molecule has 1 aromatic heterocycles. The molecule has 1 atom stereocenters. The Morgan fingerprint density at radius 2 is 2.08 bits per heavy atom. The van der Waals surface area contributed by atoms with Crippen LogP contribution in [0.25, 0.3) is 11.5 Å². The topological polar surface area (TPSA) is 92.9 Å². The molecular formula is C17H18N2O5. The molecule has 1 fully saturated rings. The van der Waals surface area contributed by atoms with Gasteiger partial charge in [-0.15, -0.1) is 0 Å². The minimum absolute atomic E-state index is 0.00590. The van der Waals surface area contributed by atoms with E-state index in [-0.39, 0.29) is 25.5 Å². The molecule has 2 heterocycles. The smallest absolute Gasteiger partial charge is 0.328 e. The molecule has 0 spiro atoms. The number of aromatic nitrogens is 1. The van der Waals surface area contributed by atoms with E-state index in [1.54, 1.807) is 6.92 Å². The van der Waals surface area contributed by atoms with Crippen molar-refractivity contribution in [3.05, 3.63) is 41.8 Å². The van der Waals surface area contributed by atoms with Crippen LogP contribution in [0.5, 0.6) is 0 Å². The summed E-state index contributed by atoms with van der Waals surface area (Å²) in [6, 6.07) is 8.45. The van der Waals surface area contributed by atoms with E-state index < -0.39 is 12.0 Å². The maximum atomic E-state index is 12.5. The van der Waals surface area contributed by atoms with Gasteiger partial charge in [0.1, 0.15) is 5.76 Å². The summed E-state index contributed by atoms with van der Waals surface area (Å²) < 4.78 is 10.8. The Kier molecular flexibility index (Phi) is 4.61. The second kappa shape index (κ2) is 6.84. The predicted molar refractivity (Wildman–Crippen MR) is 84.3 cm³/mol. The van der Waals surface area contributed by atoms with Crippen LogP contribution in [-0.2, 0) is 20.7 Å². The molecule has 0 bridgehead atoms. The second-order valence-electron chi connectivity index (χ2n) is 5.58. The highest BCUT2D eigenvalue weighted by Gasteiger charge is 2.33. The van der Waals surface area contributed by atoms with Crippen LogP contribution in [0, 0.1) is 6.92 Å². The van der Waals surface area contributed by atoms with Crippen LogP contribution in [0.15, 0.2) is 34.7 Å². The molecule has 0 saturated carbocycles. The Morgan fingerprint density at radius 1 is 1.33 bits per heavy atom. The molecule has 1 amide bonds. The number of hydrogen-bond acceptors (Lipinski definition) is 5. The van der Waals surface area contributed by atoms with Crippen molar-refractivity contribution < 1.29 is 23.8 Å². The van der Waals surface area contributed by atoms with Gasteiger partial charge in [-0.2, -0.15) is 0 Å². The van der Waals surface area contributed by atoms with Crippen LogP contribution in [-0.4, -0.2) is 52.7 Å². The number of carboxylic acids is 1. The highest BCUT2D eigenvalue weighted by molar-refractivity contribution is 5.85. The fraction of sp³-hybridized carbons (Fsp3) is 0.353. The second-order valence-corrected chi connectivity index (χ2v) is 5.58. The SMILES string of the molecule is Cc1oc(-c2ccccc2)nc1CC(=O)N1CCOCC1C(=O)O. The molecule has 1 aliphatic heterocycles. The third-order valence-electron chi connectivity index (χ3n) is 3.97. The van der Waals surface area contributed by atoms with Gasteiger partial charge in [0.15, 0.2) is 6.04 Å². The van der Waals surface area contributed by atoms with E-state index in [0.717, 1.165) is 5.56 Å². The molecule has 7 nitrogen and oxygen atoms in total. The van der Waals surface area contributed by atoms with Crippen molar-refractivity contribution in [3.8, 4) is 11.5 Å². The molecule has 1 unspecified atom stereocenters. The highest BCUT2D eigenvalue weighted by atomic mass is 16.5. The van der Waals surface area contributed by atoms with Gasteiger partial charge in [0, 0.05) is 12.1 Å². The number of carboxylic acid groups (broad SMARTS) is 1. The average molecular weight is 330 g/mol. The monoisotopic (exact) mass is 330 g/mol. The van der Waals surface area contributed by atoms with Crippen LogP contribution in [0.1, 0.15) is 11.5 Å². The molecule has 2 aromatic rings. The first-order valence-corrected chi connectivity index (χ1v) is 7.68. The lowest BCUT2D eigenvalue weighted by Crippen LogP contribution is -2.53. The Bertz CT molecular complexity index is 741. The highest BCUT2D eigenvalue weighted by Crippen LogP contribution is 2.22. The molecule has 1 aliphatic rings. The zero-order valence-electron chi connectivity index (χ0n) is 13.3. The maximum absolute atomic E-state index is 12.5. The summed E-state index contributed by atoms with van der Waals surface area (Å²) in [4.78, 5) is 29.5. The van der Waals surface area contributed by atoms with Crippen LogP contribution in [0.3, 0.4) is 0 Å². The standard InChI is InChI=1S/C17H18N2O5/c1-11-13(18-16(24-11)12-5-3-2-4-6-12)9-15(20)19-7-8-23-10-14(19)17(21)22/h2-6,14H,7-10H2,1H3,(H,21,22). The van der Waals surface area contributed by atoms with E-state index in [4.69, 9.17) is 9.15 Å². The fourth-order valence-electron chi connectivity index (χ4n) is 2.65. The average Bonchev–Trinajstić information content (AvgIpc) is 2.96. The molecule has 24 heavy (non-hydrogen) atoms. The maximum Gasteiger partial charge on any atom is 0.328 e. The lowest BCUT2D eigenvalue weighted by atomic mass is 10.1. The number of nitrogens with zero attached hydrogens (tertiary/aromatic N) is 2. The van der Waals surface area contributed by atoms with Gasteiger partial charge in [-0.05, 0) is 19.1 Å². The van der Waals surface area contributed by atoms with Crippen LogP contribution in [0.4, 0.5) is 0 Å². The van der Waals surface area contributed by atoms with Crippen molar-refractivity contribution in [3.63, 3.8) is 0 Å². The first kappa shape index (κ1) is 16.2. The van der Waals surface area contributed by atoms with Crippen molar-refractivity contribution in [2.24, 2.45) is 0 Å². The number of hydrogen-bond donors (Lipinski definition) is 1. The molecule has 1 N–H and O–H groups in total. The van der Waals surface area contributed by atoms with Crippen molar-refractivity contribution in [1.82, 2.24) is 9.88 Å². The number of aliphatic carboxylic acids is 1. The fourth-order valence-corrected chi connectivity index (χ4v) is 2.65. The Morgan fingerprint density at radius 3 is 2.79 bits per heavy atom. The Balaban J connectivity index is 1.77. The number of carbonyl (C=O) groups excluding carboxylic acids is 1. The number of rotatable bonds is 4. The third kappa shape index (κ3) is 3.30. The van der Waals surface area contributed by atoms with Gasteiger partial charge < -0.3 is 19.2 Å². The summed E-state index contributed by atoms with van der Waals surface area (Å²) >= 11 is 0. The number of carbonyl (C=O) groups is 2. The van der Waals surface area contributed by atoms with E-state index in [0.29, 0.717) is 24.0 Å². The number of morpholine rings is 1. The minimum Gasteiger partial charge on any atom is -0.480 e. The number of amides is 1. The van der Waals surface area contributed by atoms with Crippen molar-refractivity contribution in [2.75, 3.05) is 19.8 Å². The summed E-state index contributed by atoms with van der Waals surface area (Å²) in [6.07, 6.45) is 0.00590. The third-order valence-corrected chi connectivity index (χ3v) is 3.97. The molecule has 126 valence electrons. The zero-order valence-corrected chi connectivity index (χ0v) is 13.3. The quantitative estimate of drug-likeness (QED) is 0.913. The normalized spacial score (nSPS) is 17.7. The number of oxazole rings is 1. The Hall–Kier alpha value is -2.67. The van der Waals surface area contributed by atoms with Gasteiger partial charge in [-0.1, -0.05) is 18.2 Å². The molecular weight excluding hydrogens is 312 g/mol. The number of benzene rings is 1. The summed E-state index contributed by atoms with van der Waals surface area (Å²) in [6.45, 7) is 2.35. The summed E-state index contributed by atoms with van der Waals surface area (Å²) in [7, 11) is 0. The lowest BCUT2D eigenvalue weighted by Gasteiger charge is -2.32.